The summed E-state index contributed by atoms with van der Waals surface area (Å²) in [6.07, 6.45) is 0. The number of aryl methyl sites for hydroxylation is 1. The highest BCUT2D eigenvalue weighted by Crippen LogP contribution is 2.36. The van der Waals surface area contributed by atoms with E-state index in [0.29, 0.717) is 36.0 Å². The van der Waals surface area contributed by atoms with Gasteiger partial charge < -0.3 is 9.47 Å². The number of hydrogen-bond donors (Lipinski definition) is 0. The van der Waals surface area contributed by atoms with E-state index in [9.17, 15) is 8.78 Å². The maximum absolute atomic E-state index is 13.9. The van der Waals surface area contributed by atoms with Gasteiger partial charge in [-0.15, -0.1) is 0 Å². The lowest BCUT2D eigenvalue weighted by Crippen LogP contribution is -2.25. The van der Waals surface area contributed by atoms with Crippen molar-refractivity contribution in [3.8, 4) is 11.5 Å². The van der Waals surface area contributed by atoms with Crippen molar-refractivity contribution in [2.45, 2.75) is 12.8 Å². The molecule has 2 aromatic carbocycles. The third-order valence-electron chi connectivity index (χ3n) is 4.24. The molecule has 3 nitrogen and oxygen atoms in total. The van der Waals surface area contributed by atoms with Gasteiger partial charge in [0.05, 0.1) is 18.9 Å². The fraction of sp³-hybridized carbons (Fsp3) is 0.211. The molecule has 0 aliphatic carbocycles. The number of nitrogens with zero attached hydrogens (tertiary/aromatic N) is 1. The van der Waals surface area contributed by atoms with Crippen LogP contribution in [0, 0.1) is 18.6 Å². The monoisotopic (exact) mass is 327 g/mol. The Kier molecular flexibility index (Phi) is 3.65. The number of ether oxygens (including phenoxy) is 2. The van der Waals surface area contributed by atoms with Gasteiger partial charge >= 0.3 is 0 Å². The first kappa shape index (κ1) is 15.0. The molecule has 0 bridgehead atoms. The van der Waals surface area contributed by atoms with Gasteiger partial charge in [-0.2, -0.15) is 0 Å². The Hall–Kier alpha value is -2.53. The number of benzene rings is 2. The summed E-state index contributed by atoms with van der Waals surface area (Å²) in [6, 6.07) is 12.1. The van der Waals surface area contributed by atoms with Crippen LogP contribution in [0.25, 0.3) is 10.9 Å². The quantitative estimate of drug-likeness (QED) is 0.697. The zero-order valence-corrected chi connectivity index (χ0v) is 13.1. The van der Waals surface area contributed by atoms with Crippen molar-refractivity contribution in [3.63, 3.8) is 0 Å². The minimum Gasteiger partial charge on any atom is -0.455 e. The molecule has 1 saturated heterocycles. The minimum atomic E-state index is -0.936. The van der Waals surface area contributed by atoms with E-state index in [1.54, 1.807) is 13.0 Å². The van der Waals surface area contributed by atoms with E-state index in [1.165, 1.54) is 6.07 Å². The van der Waals surface area contributed by atoms with E-state index < -0.39 is 11.6 Å². The van der Waals surface area contributed by atoms with Gasteiger partial charge in [-0.25, -0.2) is 13.8 Å². The van der Waals surface area contributed by atoms with Crippen LogP contribution >= 0.6 is 0 Å². The summed E-state index contributed by atoms with van der Waals surface area (Å²) in [5.41, 5.74) is 1.60. The summed E-state index contributed by atoms with van der Waals surface area (Å²) in [4.78, 5) is 4.18. The lowest BCUT2D eigenvalue weighted by molar-refractivity contribution is 0.00768. The van der Waals surface area contributed by atoms with E-state index in [4.69, 9.17) is 9.47 Å². The normalized spacial score (nSPS) is 14.6. The van der Waals surface area contributed by atoms with Gasteiger partial charge in [-0.3, -0.25) is 0 Å². The van der Waals surface area contributed by atoms with Crippen LogP contribution in [0.1, 0.15) is 17.2 Å². The van der Waals surface area contributed by atoms with Gasteiger partial charge in [0.25, 0.3) is 0 Å². The van der Waals surface area contributed by atoms with E-state index in [-0.39, 0.29) is 5.52 Å². The van der Waals surface area contributed by atoms with Gasteiger partial charge in [-0.05, 0) is 31.2 Å². The fourth-order valence-electron chi connectivity index (χ4n) is 2.80. The minimum absolute atomic E-state index is 0.0144. The largest absolute Gasteiger partial charge is 0.455 e. The second kappa shape index (κ2) is 5.83. The highest BCUT2D eigenvalue weighted by atomic mass is 19.2. The Balaban J connectivity index is 1.75. The van der Waals surface area contributed by atoms with Crippen molar-refractivity contribution in [1.29, 1.82) is 0 Å². The maximum Gasteiger partial charge on any atom is 0.184 e. The van der Waals surface area contributed by atoms with Crippen LogP contribution in [0.15, 0.2) is 42.5 Å². The first-order valence-corrected chi connectivity index (χ1v) is 7.73. The van der Waals surface area contributed by atoms with Crippen molar-refractivity contribution >= 4 is 10.9 Å². The average molecular weight is 327 g/mol. The standard InChI is InChI=1S/C19H15F2NO2/c1-11-17(8-12-6-7-15(20)18(21)19(12)22-11)24-16-5-3-2-4-14(16)13-9-23-10-13/h2-8,13H,9-10H2,1H3. The summed E-state index contributed by atoms with van der Waals surface area (Å²) in [5, 5.41) is 0.499. The van der Waals surface area contributed by atoms with Crippen molar-refractivity contribution < 1.29 is 18.3 Å². The molecule has 0 radical (unpaired) electrons. The smallest absolute Gasteiger partial charge is 0.184 e. The lowest BCUT2D eigenvalue weighted by Gasteiger charge is -2.28. The van der Waals surface area contributed by atoms with E-state index in [2.05, 4.69) is 4.98 Å². The average Bonchev–Trinajstić information content (AvgIpc) is 2.53. The van der Waals surface area contributed by atoms with Gasteiger partial charge in [0, 0.05) is 16.9 Å². The second-order valence-corrected chi connectivity index (χ2v) is 5.88. The predicted molar refractivity (Wildman–Crippen MR) is 86.5 cm³/mol. The summed E-state index contributed by atoms with van der Waals surface area (Å²) in [6.45, 7) is 3.08. The molecule has 5 heteroatoms. The molecule has 0 amide bonds. The van der Waals surface area contributed by atoms with Crippen molar-refractivity contribution in [3.05, 3.63) is 65.4 Å². The molecule has 24 heavy (non-hydrogen) atoms. The zero-order chi connectivity index (χ0) is 16.7. The number of fused-ring (bicyclic) bond motifs is 1. The molecule has 0 unspecified atom stereocenters. The Morgan fingerprint density at radius 3 is 2.62 bits per heavy atom. The van der Waals surface area contributed by atoms with Crippen LogP contribution in [-0.2, 0) is 4.74 Å². The van der Waals surface area contributed by atoms with E-state index in [0.717, 1.165) is 17.4 Å². The third kappa shape index (κ3) is 2.51. The Morgan fingerprint density at radius 2 is 1.88 bits per heavy atom. The fourth-order valence-corrected chi connectivity index (χ4v) is 2.80. The van der Waals surface area contributed by atoms with Gasteiger partial charge in [0.15, 0.2) is 11.6 Å². The molecular weight excluding hydrogens is 312 g/mol. The zero-order valence-electron chi connectivity index (χ0n) is 13.1. The number of rotatable bonds is 3. The number of hydrogen-bond acceptors (Lipinski definition) is 3. The summed E-state index contributed by atoms with van der Waals surface area (Å²) in [7, 11) is 0. The van der Waals surface area contributed by atoms with Gasteiger partial charge in [0.2, 0.25) is 0 Å². The predicted octanol–water partition coefficient (Wildman–Crippen LogP) is 4.73. The third-order valence-corrected chi connectivity index (χ3v) is 4.24. The van der Waals surface area contributed by atoms with Crippen LogP contribution < -0.4 is 4.74 Å². The molecule has 1 aromatic heterocycles. The number of aromatic nitrogens is 1. The SMILES string of the molecule is Cc1nc2c(F)c(F)ccc2cc1Oc1ccccc1C1COC1. The Morgan fingerprint density at radius 1 is 1.08 bits per heavy atom. The van der Waals surface area contributed by atoms with Gasteiger partial charge in [0.1, 0.15) is 17.0 Å². The van der Waals surface area contributed by atoms with Crippen molar-refractivity contribution in [1.82, 2.24) is 4.98 Å². The van der Waals surface area contributed by atoms with Crippen LogP contribution in [0.5, 0.6) is 11.5 Å². The molecule has 0 saturated carbocycles. The molecule has 3 aromatic rings. The highest BCUT2D eigenvalue weighted by molar-refractivity contribution is 5.81. The van der Waals surface area contributed by atoms with E-state index in [1.807, 2.05) is 24.3 Å². The molecule has 1 aliphatic heterocycles. The molecule has 122 valence electrons. The topological polar surface area (TPSA) is 31.4 Å². The van der Waals surface area contributed by atoms with Crippen molar-refractivity contribution in [2.24, 2.45) is 0 Å². The molecule has 0 N–H and O–H groups in total. The lowest BCUT2D eigenvalue weighted by atomic mass is 9.97. The summed E-state index contributed by atoms with van der Waals surface area (Å²) < 4.78 is 38.5. The maximum atomic E-state index is 13.9. The summed E-state index contributed by atoms with van der Waals surface area (Å²) >= 11 is 0. The number of pyridine rings is 1. The number of halogens is 2. The molecule has 1 fully saturated rings. The van der Waals surface area contributed by atoms with Crippen LogP contribution in [-0.4, -0.2) is 18.2 Å². The Labute approximate surface area is 137 Å². The Bertz CT molecular complexity index is 923. The van der Waals surface area contributed by atoms with Crippen LogP contribution in [0.4, 0.5) is 8.78 Å². The highest BCUT2D eigenvalue weighted by Gasteiger charge is 2.24. The molecule has 0 atom stereocenters. The first-order valence-electron chi connectivity index (χ1n) is 7.73. The molecule has 4 rings (SSSR count). The molecule has 2 heterocycles. The summed E-state index contributed by atoms with van der Waals surface area (Å²) in [5.74, 6) is -0.257. The number of para-hydroxylation sites is 1. The van der Waals surface area contributed by atoms with Gasteiger partial charge in [-0.1, -0.05) is 18.2 Å². The first-order chi connectivity index (χ1) is 11.6. The van der Waals surface area contributed by atoms with Crippen LogP contribution in [0.3, 0.4) is 0 Å². The van der Waals surface area contributed by atoms with E-state index >= 15 is 0 Å². The molecular formula is C19H15F2NO2. The molecule has 1 aliphatic rings. The van der Waals surface area contributed by atoms with Crippen LogP contribution in [0.2, 0.25) is 0 Å². The second-order valence-electron chi connectivity index (χ2n) is 5.88. The van der Waals surface area contributed by atoms with Crippen molar-refractivity contribution in [2.75, 3.05) is 13.2 Å². The molecule has 0 spiro atoms.